The van der Waals surface area contributed by atoms with E-state index < -0.39 is 6.04 Å². The summed E-state index contributed by atoms with van der Waals surface area (Å²) >= 11 is 0. The molecule has 11 aromatic rings. The van der Waals surface area contributed by atoms with Crippen LogP contribution in [0.4, 0.5) is 0 Å². The summed E-state index contributed by atoms with van der Waals surface area (Å²) in [6, 6.07) is 54.6. The predicted octanol–water partition coefficient (Wildman–Crippen LogP) is 16.7. The van der Waals surface area contributed by atoms with Gasteiger partial charge >= 0.3 is 0 Å². The molecule has 0 atom stereocenters. The summed E-state index contributed by atoms with van der Waals surface area (Å²) in [5, 5.41) is 2.20. The van der Waals surface area contributed by atoms with E-state index in [-0.39, 0.29) is 35.1 Å². The van der Waals surface area contributed by atoms with Crippen molar-refractivity contribution in [1.82, 2.24) is 14.1 Å². The number of fused-ring (bicyclic) bond motifs is 4. The molecule has 0 aliphatic carbocycles. The van der Waals surface area contributed by atoms with Gasteiger partial charge in [0.2, 0.25) is 0 Å². The smallest absolute Gasteiger partial charge is 0.269 e. The van der Waals surface area contributed by atoms with E-state index in [2.05, 4.69) is 150 Å². The Kier molecular flexibility index (Phi) is 10.5. The first-order valence-corrected chi connectivity index (χ1v) is 24.7. The van der Waals surface area contributed by atoms with Gasteiger partial charge in [0.05, 0.1) is 40.3 Å². The van der Waals surface area contributed by atoms with Crippen LogP contribution in [0.15, 0.2) is 200 Å². The predicted molar refractivity (Wildman–Crippen MR) is 294 cm³/mol. The Morgan fingerprint density at radius 1 is 0.577 bits per heavy atom. The summed E-state index contributed by atoms with van der Waals surface area (Å²) in [5.41, 5.74) is 13.4. The molecule has 0 saturated heterocycles. The van der Waals surface area contributed by atoms with Crippen molar-refractivity contribution in [2.24, 2.45) is 11.8 Å². The van der Waals surface area contributed by atoms with E-state index in [0.717, 1.165) is 79.4 Å². The fraction of sp³-hybridized carbons (Fsp3) is 0.182. The first kappa shape index (κ1) is 39.8. The lowest BCUT2D eigenvalue weighted by molar-refractivity contribution is -0.571. The number of para-hydroxylation sites is 3. The lowest BCUT2D eigenvalue weighted by Gasteiger charge is -2.20. The third-order valence-electron chi connectivity index (χ3n) is 13.2. The van der Waals surface area contributed by atoms with E-state index in [0.29, 0.717) is 34.6 Å². The summed E-state index contributed by atoms with van der Waals surface area (Å²) < 4.78 is 57.5. The van der Waals surface area contributed by atoms with E-state index in [1.165, 1.54) is 16.7 Å². The van der Waals surface area contributed by atoms with Crippen molar-refractivity contribution >= 4 is 32.8 Å². The van der Waals surface area contributed by atoms with Crippen LogP contribution in [-0.4, -0.2) is 14.1 Å². The van der Waals surface area contributed by atoms with Crippen molar-refractivity contribution in [3.05, 3.63) is 223 Å². The number of hydrogen-bond donors (Lipinski definition) is 0. The van der Waals surface area contributed by atoms with E-state index in [9.17, 15) is 2.74 Å². The van der Waals surface area contributed by atoms with E-state index in [4.69, 9.17) is 13.8 Å². The normalized spacial score (nSPS) is 12.9. The Balaban J connectivity index is 1.06. The highest BCUT2D eigenvalue weighted by atomic mass is 16.5. The minimum Gasteiger partial charge on any atom is -0.458 e. The van der Waals surface area contributed by atoms with Crippen molar-refractivity contribution < 1.29 is 16.2 Å². The second kappa shape index (κ2) is 18.7. The minimum atomic E-state index is -0.434. The number of imidazole rings is 1. The monoisotopic (exact) mass is 930 g/mol. The van der Waals surface area contributed by atoms with Crippen LogP contribution in [0.3, 0.4) is 0 Å². The van der Waals surface area contributed by atoms with Gasteiger partial charge < -0.3 is 4.74 Å². The van der Waals surface area contributed by atoms with Gasteiger partial charge in [0, 0.05) is 23.0 Å². The number of aromatic nitrogens is 4. The molecular weight excluding hydrogens is 865 g/mol. The molecule has 0 fully saturated rings. The van der Waals surface area contributed by atoms with Gasteiger partial charge in [-0.15, -0.1) is 0 Å². The van der Waals surface area contributed by atoms with Gasteiger partial charge in [0.15, 0.2) is 0 Å². The molecule has 350 valence electrons. The zero-order valence-electron chi connectivity index (χ0n) is 46.4. The molecule has 3 heterocycles. The molecule has 71 heavy (non-hydrogen) atoms. The van der Waals surface area contributed by atoms with Gasteiger partial charge in [-0.25, -0.2) is 4.98 Å². The standard InChI is InChI=1S/C66H60N4O/c1-44(2)34-46-36-47(35-45(3)4)38-51(37-46)57-25-17-24-56(49-20-12-9-13-21-49)65(57)69-43-68(61-26-14-15-27-62(61)69)53-22-16-23-54(41-53)71-55-29-30-58-59-39-50(48-18-10-8-11-19-48)28-31-60(59)70(63(58)42-55)64-40-52(32-33-67-64)66(5,6)7/h8-33,36-42,44-45H,34-35H2,1-7H3/i9D,12D,13D,20D,21D. The maximum atomic E-state index is 9.23. The summed E-state index contributed by atoms with van der Waals surface area (Å²) in [7, 11) is 0. The fourth-order valence-corrected chi connectivity index (χ4v) is 10.1. The first-order chi connectivity index (χ1) is 36.5. The average Bonchev–Trinajstić information content (AvgIpc) is 3.98. The van der Waals surface area contributed by atoms with Crippen LogP contribution in [0.25, 0.3) is 83.4 Å². The maximum Gasteiger partial charge on any atom is 0.269 e. The molecule has 5 heteroatoms. The Labute approximate surface area is 425 Å². The Morgan fingerprint density at radius 3 is 2.03 bits per heavy atom. The highest BCUT2D eigenvalue weighted by Crippen LogP contribution is 2.40. The molecule has 0 radical (unpaired) electrons. The summed E-state index contributed by atoms with van der Waals surface area (Å²) in [6.07, 6.45) is 7.40. The molecule has 0 spiro atoms. The van der Waals surface area contributed by atoms with Crippen LogP contribution < -0.4 is 9.30 Å². The van der Waals surface area contributed by atoms with E-state index in [1.54, 1.807) is 0 Å². The second-order valence-electron chi connectivity index (χ2n) is 20.6. The quantitative estimate of drug-likeness (QED) is 0.0904. The highest BCUT2D eigenvalue weighted by molar-refractivity contribution is 6.10. The summed E-state index contributed by atoms with van der Waals surface area (Å²) in [5.74, 6) is 2.97. The second-order valence-corrected chi connectivity index (χ2v) is 20.6. The maximum absolute atomic E-state index is 9.23. The summed E-state index contributed by atoms with van der Waals surface area (Å²) in [4.78, 5) is 4.95. The van der Waals surface area contributed by atoms with Crippen LogP contribution in [0.2, 0.25) is 0 Å². The molecule has 11 rings (SSSR count). The lowest BCUT2D eigenvalue weighted by Crippen LogP contribution is -2.31. The zero-order valence-corrected chi connectivity index (χ0v) is 41.4. The van der Waals surface area contributed by atoms with E-state index in [1.807, 2.05) is 88.1 Å². The molecule has 8 aromatic carbocycles. The van der Waals surface area contributed by atoms with Crippen LogP contribution in [-0.2, 0) is 18.3 Å². The zero-order chi connectivity index (χ0) is 53.2. The first-order valence-electron chi connectivity index (χ1n) is 27.2. The molecule has 0 bridgehead atoms. The number of nitrogens with zero attached hydrogens (tertiary/aromatic N) is 4. The van der Waals surface area contributed by atoms with Crippen LogP contribution >= 0.6 is 0 Å². The number of rotatable bonds is 12. The third-order valence-corrected chi connectivity index (χ3v) is 13.2. The van der Waals surface area contributed by atoms with Crippen LogP contribution in [0, 0.1) is 18.2 Å². The topological polar surface area (TPSA) is 35.9 Å². The van der Waals surface area contributed by atoms with Crippen LogP contribution in [0.1, 0.15) is 72.0 Å². The molecule has 0 aliphatic rings. The van der Waals surface area contributed by atoms with E-state index >= 15 is 0 Å². The van der Waals surface area contributed by atoms with Crippen LogP contribution in [0.5, 0.6) is 11.5 Å². The fourth-order valence-electron chi connectivity index (χ4n) is 10.1. The Morgan fingerprint density at radius 2 is 1.28 bits per heavy atom. The van der Waals surface area contributed by atoms with Crippen molar-refractivity contribution in [1.29, 1.82) is 0 Å². The van der Waals surface area contributed by atoms with Crippen molar-refractivity contribution in [2.75, 3.05) is 0 Å². The Bertz CT molecular complexity index is 3980. The molecular formula is C66H60N4O. The number of pyridine rings is 1. The molecule has 5 nitrogen and oxygen atoms in total. The molecule has 0 amide bonds. The summed E-state index contributed by atoms with van der Waals surface area (Å²) in [6.45, 7) is 15.6. The van der Waals surface area contributed by atoms with Gasteiger partial charge in [0.1, 0.15) is 17.3 Å². The van der Waals surface area contributed by atoms with Gasteiger partial charge in [0.25, 0.3) is 6.33 Å². The Hall–Kier alpha value is -8.02. The molecule has 0 saturated carbocycles. The number of ether oxygens (including phenoxy) is 1. The third kappa shape index (κ3) is 9.05. The van der Waals surface area contributed by atoms with Gasteiger partial charge in [-0.2, -0.15) is 0 Å². The van der Waals surface area contributed by atoms with Gasteiger partial charge in [-0.05, 0) is 135 Å². The van der Waals surface area contributed by atoms with Crippen molar-refractivity contribution in [3.63, 3.8) is 0 Å². The highest BCUT2D eigenvalue weighted by Gasteiger charge is 2.22. The van der Waals surface area contributed by atoms with Crippen molar-refractivity contribution in [3.8, 4) is 62.1 Å². The number of benzene rings is 8. The number of hydrogen-bond acceptors (Lipinski definition) is 2. The van der Waals surface area contributed by atoms with Gasteiger partial charge in [-0.3, -0.25) is 13.7 Å². The van der Waals surface area contributed by atoms with Gasteiger partial charge in [-0.1, -0.05) is 182 Å². The molecule has 0 N–H and O–H groups in total. The van der Waals surface area contributed by atoms with Crippen molar-refractivity contribution in [2.45, 2.75) is 66.7 Å². The largest absolute Gasteiger partial charge is 0.458 e. The average molecular weight is 930 g/mol. The molecule has 3 aromatic heterocycles. The lowest BCUT2D eigenvalue weighted by atomic mass is 9.88. The molecule has 0 aliphatic heterocycles. The minimum absolute atomic E-state index is 0.0790. The molecule has 0 unspecified atom stereocenters. The SMILES string of the molecule is [2H]c1c([2H])c([2H])c(-c2cccc(-c3cc(CC(C)C)cc(CC(C)C)c3)c2-[n+]2[c-]n(-c3cccc(Oc4ccc5c6cc(-c7ccccc7)ccc6n(-c6cc(C(C)(C)C)ccn6)c5c4)c3)c3ccccc32)c([2H])c1[2H].